The second-order valence-electron chi connectivity index (χ2n) is 9.25. The molecule has 1 heterocycles. The van der Waals surface area contributed by atoms with Gasteiger partial charge in [0.1, 0.15) is 11.5 Å². The predicted octanol–water partition coefficient (Wildman–Crippen LogP) is 8.03. The molecule has 1 atom stereocenters. The van der Waals surface area contributed by atoms with Gasteiger partial charge in [-0.25, -0.2) is 0 Å². The Morgan fingerprint density at radius 3 is 2.54 bits per heavy atom. The monoisotopic (exact) mass is 535 g/mol. The minimum absolute atomic E-state index is 0.104. The van der Waals surface area contributed by atoms with E-state index in [1.54, 1.807) is 0 Å². The maximum Gasteiger partial charge on any atom is 0.303 e. The first kappa shape index (κ1) is 26.7. The van der Waals surface area contributed by atoms with Crippen molar-refractivity contribution in [1.82, 2.24) is 5.32 Å². The molecule has 0 saturated carbocycles. The number of amides is 1. The van der Waals surface area contributed by atoms with Crippen LogP contribution in [-0.2, 0) is 17.6 Å². The number of carbonyl (C=O) groups excluding carboxylic acids is 1. The first-order valence-corrected chi connectivity index (χ1v) is 13.5. The highest BCUT2D eigenvalue weighted by atomic mass is 35.5. The average Bonchev–Trinajstić information content (AvgIpc) is 3.18. The summed E-state index contributed by atoms with van der Waals surface area (Å²) in [6, 6.07) is 17.2. The lowest BCUT2D eigenvalue weighted by Crippen LogP contribution is -2.26. The van der Waals surface area contributed by atoms with Crippen molar-refractivity contribution in [2.75, 3.05) is 0 Å². The van der Waals surface area contributed by atoms with Crippen LogP contribution in [0.2, 0.25) is 5.02 Å². The van der Waals surface area contributed by atoms with Crippen LogP contribution in [0.3, 0.4) is 0 Å². The van der Waals surface area contributed by atoms with Crippen molar-refractivity contribution < 1.29 is 19.4 Å². The summed E-state index contributed by atoms with van der Waals surface area (Å²) in [5.41, 5.74) is 5.00. The van der Waals surface area contributed by atoms with Crippen molar-refractivity contribution >= 4 is 44.9 Å². The number of hydrogen-bond donors (Lipinski definition) is 2. The van der Waals surface area contributed by atoms with Crippen LogP contribution in [0.1, 0.15) is 63.8 Å². The summed E-state index contributed by atoms with van der Waals surface area (Å²) in [5.74, 6) is 0.464. The second-order valence-corrected chi connectivity index (χ2v) is 10.7. The lowest BCUT2D eigenvalue weighted by atomic mass is 10.0. The number of nitrogens with one attached hydrogen (secondary N) is 1. The molecule has 4 aromatic rings. The van der Waals surface area contributed by atoms with Gasteiger partial charge in [0.05, 0.1) is 10.9 Å². The van der Waals surface area contributed by atoms with Gasteiger partial charge in [-0.3, -0.25) is 9.59 Å². The first-order chi connectivity index (χ1) is 17.6. The van der Waals surface area contributed by atoms with Gasteiger partial charge in [-0.1, -0.05) is 30.7 Å². The molecule has 4 rings (SSSR count). The molecular formula is C30H30ClNO4S. The Balaban J connectivity index is 1.51. The number of ether oxygens (including phenoxy) is 1. The van der Waals surface area contributed by atoms with Gasteiger partial charge in [0.2, 0.25) is 0 Å². The molecular weight excluding hydrogens is 506 g/mol. The number of carboxylic acids is 1. The molecule has 3 aromatic carbocycles. The molecule has 1 amide bonds. The van der Waals surface area contributed by atoms with Crippen LogP contribution in [0.25, 0.3) is 10.1 Å². The average molecular weight is 536 g/mol. The number of aliphatic carboxylic acids is 1. The van der Waals surface area contributed by atoms with Crippen LogP contribution in [0, 0.1) is 13.8 Å². The van der Waals surface area contributed by atoms with Gasteiger partial charge in [-0.05, 0) is 109 Å². The van der Waals surface area contributed by atoms with Crippen molar-refractivity contribution in [3.05, 3.63) is 92.3 Å². The number of halogens is 1. The van der Waals surface area contributed by atoms with Crippen molar-refractivity contribution in [3.8, 4) is 11.5 Å². The van der Waals surface area contributed by atoms with E-state index in [-0.39, 0.29) is 18.4 Å². The van der Waals surface area contributed by atoms with Crippen molar-refractivity contribution in [2.24, 2.45) is 0 Å². The zero-order valence-electron chi connectivity index (χ0n) is 21.4. The van der Waals surface area contributed by atoms with E-state index in [1.807, 2.05) is 82.3 Å². The van der Waals surface area contributed by atoms with Crippen LogP contribution < -0.4 is 10.1 Å². The van der Waals surface area contributed by atoms with Crippen LogP contribution in [0.15, 0.2) is 54.6 Å². The summed E-state index contributed by atoms with van der Waals surface area (Å²) in [4.78, 5) is 24.8. The minimum Gasteiger partial charge on any atom is -0.481 e. The molecule has 0 fully saturated rings. The summed E-state index contributed by atoms with van der Waals surface area (Å²) >= 11 is 7.62. The zero-order chi connectivity index (χ0) is 26.7. The molecule has 0 saturated heterocycles. The number of carboxylic acid groups (broad SMARTS) is 1. The molecule has 0 aliphatic rings. The Kier molecular flexibility index (Phi) is 8.20. The van der Waals surface area contributed by atoms with E-state index in [2.05, 4.69) is 5.32 Å². The van der Waals surface area contributed by atoms with Gasteiger partial charge in [0, 0.05) is 16.1 Å². The molecule has 2 N–H and O–H groups in total. The topological polar surface area (TPSA) is 75.6 Å². The molecule has 0 aliphatic heterocycles. The van der Waals surface area contributed by atoms with Gasteiger partial charge in [-0.2, -0.15) is 0 Å². The van der Waals surface area contributed by atoms with Crippen LogP contribution in [-0.4, -0.2) is 17.0 Å². The lowest BCUT2D eigenvalue weighted by molar-refractivity contribution is -0.136. The third-order valence-electron chi connectivity index (χ3n) is 6.43. The molecule has 0 bridgehead atoms. The third kappa shape index (κ3) is 6.32. The molecule has 5 nitrogen and oxygen atoms in total. The highest BCUT2D eigenvalue weighted by Crippen LogP contribution is 2.33. The molecule has 0 aliphatic carbocycles. The van der Waals surface area contributed by atoms with Crippen LogP contribution in [0.5, 0.6) is 11.5 Å². The summed E-state index contributed by atoms with van der Waals surface area (Å²) in [5, 5.41) is 13.8. The highest BCUT2D eigenvalue weighted by molar-refractivity contribution is 7.21. The summed E-state index contributed by atoms with van der Waals surface area (Å²) in [6.07, 6.45) is 1.39. The Bertz CT molecular complexity index is 1480. The normalized spacial score (nSPS) is 11.9. The second kappa shape index (κ2) is 11.4. The highest BCUT2D eigenvalue weighted by Gasteiger charge is 2.19. The quantitative estimate of drug-likeness (QED) is 0.227. The lowest BCUT2D eigenvalue weighted by Gasteiger charge is -2.17. The Morgan fingerprint density at radius 1 is 1.03 bits per heavy atom. The molecule has 0 spiro atoms. The van der Waals surface area contributed by atoms with E-state index in [1.165, 1.54) is 11.3 Å². The number of hydrogen-bond acceptors (Lipinski definition) is 4. The fourth-order valence-corrected chi connectivity index (χ4v) is 5.72. The van der Waals surface area contributed by atoms with Crippen molar-refractivity contribution in [1.29, 1.82) is 0 Å². The summed E-state index contributed by atoms with van der Waals surface area (Å²) in [6.45, 7) is 7.95. The van der Waals surface area contributed by atoms with Gasteiger partial charge in [0.15, 0.2) is 0 Å². The SMILES string of the molecule is CCc1cc(Oc2cc(C)cc([C@@H](C)NC(=O)c3sc4ccc(Cl)cc4c3C)c2)ccc1CCC(=O)O. The molecule has 37 heavy (non-hydrogen) atoms. The first-order valence-electron chi connectivity index (χ1n) is 12.3. The zero-order valence-corrected chi connectivity index (χ0v) is 22.9. The molecule has 1 aromatic heterocycles. The van der Waals surface area contributed by atoms with Gasteiger partial charge in [0.25, 0.3) is 5.91 Å². The van der Waals surface area contributed by atoms with Crippen molar-refractivity contribution in [3.63, 3.8) is 0 Å². The molecule has 0 radical (unpaired) electrons. The predicted molar refractivity (Wildman–Crippen MR) is 150 cm³/mol. The molecule has 7 heteroatoms. The van der Waals surface area contributed by atoms with E-state index in [0.29, 0.717) is 27.8 Å². The van der Waals surface area contributed by atoms with Gasteiger partial charge >= 0.3 is 5.97 Å². The number of carbonyl (C=O) groups is 2. The number of rotatable bonds is 9. The van der Waals surface area contributed by atoms with E-state index >= 15 is 0 Å². The maximum atomic E-state index is 13.2. The number of thiophene rings is 1. The van der Waals surface area contributed by atoms with Gasteiger partial charge in [-0.15, -0.1) is 11.3 Å². The smallest absolute Gasteiger partial charge is 0.303 e. The number of fused-ring (bicyclic) bond motifs is 1. The summed E-state index contributed by atoms with van der Waals surface area (Å²) < 4.78 is 7.23. The Labute approximate surface area is 226 Å². The molecule has 192 valence electrons. The fraction of sp³-hybridized carbons (Fsp3) is 0.267. The van der Waals surface area contributed by atoms with Crippen molar-refractivity contribution in [2.45, 2.75) is 53.0 Å². The Morgan fingerprint density at radius 2 is 1.81 bits per heavy atom. The summed E-state index contributed by atoms with van der Waals surface area (Å²) in [7, 11) is 0. The van der Waals surface area contributed by atoms with E-state index < -0.39 is 5.97 Å². The minimum atomic E-state index is -0.803. The van der Waals surface area contributed by atoms with E-state index in [9.17, 15) is 9.59 Å². The maximum absolute atomic E-state index is 13.2. The van der Waals surface area contributed by atoms with E-state index in [4.69, 9.17) is 21.4 Å². The fourth-order valence-electron chi connectivity index (χ4n) is 4.46. The standard InChI is InChI=1S/C30H30ClNO4S/c1-5-20-14-24(9-6-21(20)7-11-28(33)34)36-25-13-17(2)12-22(15-25)19(4)32-30(35)29-18(3)26-16-23(31)8-10-27(26)37-29/h6,8-10,12-16,19H,5,7,11H2,1-4H3,(H,32,35)(H,33,34)/t19-/m1/s1. The largest absolute Gasteiger partial charge is 0.481 e. The van der Waals surface area contributed by atoms with Crippen LogP contribution in [0.4, 0.5) is 0 Å². The van der Waals surface area contributed by atoms with Gasteiger partial charge < -0.3 is 15.2 Å². The van der Waals surface area contributed by atoms with E-state index in [0.717, 1.165) is 44.3 Å². The third-order valence-corrected chi connectivity index (χ3v) is 7.93. The number of benzene rings is 3. The number of aryl methyl sites for hydroxylation is 4. The molecule has 0 unspecified atom stereocenters. The Hall–Kier alpha value is -3.35. The van der Waals surface area contributed by atoms with Crippen LogP contribution >= 0.6 is 22.9 Å².